The van der Waals surface area contributed by atoms with Gasteiger partial charge in [-0.1, -0.05) is 12.8 Å². The molecule has 0 aromatic carbocycles. The lowest BCUT2D eigenvalue weighted by molar-refractivity contribution is -0.0746. The minimum atomic E-state index is -0.448. The summed E-state index contributed by atoms with van der Waals surface area (Å²) in [5.74, 6) is 2.51. The second-order valence-electron chi connectivity index (χ2n) is 6.00. The Labute approximate surface area is 116 Å². The van der Waals surface area contributed by atoms with Crippen LogP contribution in [0.1, 0.15) is 47.0 Å². The highest BCUT2D eigenvalue weighted by atomic mass is 16.6. The van der Waals surface area contributed by atoms with Gasteiger partial charge < -0.3 is 14.4 Å². The van der Waals surface area contributed by atoms with Crippen molar-refractivity contribution in [2.45, 2.75) is 58.2 Å². The van der Waals surface area contributed by atoms with Gasteiger partial charge in [0.15, 0.2) is 0 Å². The quantitative estimate of drug-likeness (QED) is 0.738. The number of hydrogen-bond acceptors (Lipinski definition) is 3. The first-order valence-electron chi connectivity index (χ1n) is 6.87. The van der Waals surface area contributed by atoms with E-state index in [2.05, 4.69) is 12.8 Å². The molecule has 1 fully saturated rings. The summed E-state index contributed by atoms with van der Waals surface area (Å²) in [5.41, 5.74) is -0.624. The Balaban J connectivity index is 2.52. The predicted molar refractivity (Wildman–Crippen MR) is 74.8 cm³/mol. The third kappa shape index (κ3) is 4.76. The lowest BCUT2D eigenvalue weighted by Gasteiger charge is -2.41. The van der Waals surface area contributed by atoms with Gasteiger partial charge in [0.1, 0.15) is 12.2 Å². The first kappa shape index (κ1) is 15.8. The molecule has 1 saturated heterocycles. The fourth-order valence-electron chi connectivity index (χ4n) is 2.22. The Bertz CT molecular complexity index is 343. The summed E-state index contributed by atoms with van der Waals surface area (Å²) >= 11 is 0. The number of rotatable bonds is 3. The zero-order chi connectivity index (χ0) is 14.5. The number of hydrogen-bond donors (Lipinski definition) is 0. The number of amides is 1. The Kier molecular flexibility index (Phi) is 5.25. The molecule has 0 N–H and O–H groups in total. The molecule has 4 heteroatoms. The van der Waals surface area contributed by atoms with Crippen molar-refractivity contribution >= 4 is 6.09 Å². The van der Waals surface area contributed by atoms with E-state index in [1.165, 1.54) is 0 Å². The van der Waals surface area contributed by atoms with Gasteiger partial charge in [-0.2, -0.15) is 0 Å². The van der Waals surface area contributed by atoms with Crippen LogP contribution in [0.4, 0.5) is 4.79 Å². The van der Waals surface area contributed by atoms with Crippen LogP contribution in [0.5, 0.6) is 0 Å². The van der Waals surface area contributed by atoms with Crippen molar-refractivity contribution < 1.29 is 14.3 Å². The van der Waals surface area contributed by atoms with Gasteiger partial charge in [0.25, 0.3) is 0 Å². The summed E-state index contributed by atoms with van der Waals surface area (Å²) in [6.07, 6.45) is 7.54. The molecule has 1 aliphatic heterocycles. The molecule has 0 atom stereocenters. The summed E-state index contributed by atoms with van der Waals surface area (Å²) in [7, 11) is 0. The number of ether oxygens (including phenoxy) is 2. The molecule has 0 aromatic rings. The smallest absolute Gasteiger partial charge is 0.410 e. The summed E-state index contributed by atoms with van der Waals surface area (Å²) in [6.45, 7) is 9.38. The van der Waals surface area contributed by atoms with Gasteiger partial charge in [-0.05, 0) is 40.0 Å². The maximum Gasteiger partial charge on any atom is 0.410 e. The second-order valence-corrected chi connectivity index (χ2v) is 6.00. The van der Waals surface area contributed by atoms with E-state index in [1.54, 1.807) is 4.90 Å². The third-order valence-corrected chi connectivity index (χ3v) is 3.43. The van der Waals surface area contributed by atoms with E-state index in [0.29, 0.717) is 19.7 Å². The van der Waals surface area contributed by atoms with E-state index in [-0.39, 0.29) is 11.7 Å². The van der Waals surface area contributed by atoms with Crippen molar-refractivity contribution in [3.63, 3.8) is 0 Å². The standard InChI is InChI=1S/C15H25NO3/c1-6-12-18-15(7-2)8-10-16(11-9-15)13(17)19-14(3,4)5/h1H,7-12H2,2-5H3. The molecule has 0 bridgehead atoms. The molecule has 19 heavy (non-hydrogen) atoms. The fourth-order valence-corrected chi connectivity index (χ4v) is 2.22. The van der Waals surface area contributed by atoms with Gasteiger partial charge in [-0.3, -0.25) is 0 Å². The minimum Gasteiger partial charge on any atom is -0.444 e. The molecule has 1 heterocycles. The lowest BCUT2D eigenvalue weighted by Crippen LogP contribution is -2.49. The van der Waals surface area contributed by atoms with Crippen molar-refractivity contribution in [2.75, 3.05) is 19.7 Å². The van der Waals surface area contributed by atoms with Gasteiger partial charge in [0.2, 0.25) is 0 Å². The highest BCUT2D eigenvalue weighted by molar-refractivity contribution is 5.68. The van der Waals surface area contributed by atoms with Crippen LogP contribution in [0.25, 0.3) is 0 Å². The van der Waals surface area contributed by atoms with Crippen molar-refractivity contribution in [1.29, 1.82) is 0 Å². The molecule has 0 radical (unpaired) electrons. The maximum absolute atomic E-state index is 12.0. The molecule has 0 saturated carbocycles. The number of carbonyl (C=O) groups is 1. The SMILES string of the molecule is C#CCOC1(CC)CCN(C(=O)OC(C)(C)C)CC1. The molecule has 1 rings (SSSR count). The summed E-state index contributed by atoms with van der Waals surface area (Å²) in [6, 6.07) is 0. The minimum absolute atomic E-state index is 0.176. The number of likely N-dealkylation sites (tertiary alicyclic amines) is 1. The van der Waals surface area contributed by atoms with Crippen molar-refractivity contribution in [2.24, 2.45) is 0 Å². The number of carbonyl (C=O) groups excluding carboxylic acids is 1. The van der Waals surface area contributed by atoms with Crippen LogP contribution in [0.3, 0.4) is 0 Å². The van der Waals surface area contributed by atoms with E-state index >= 15 is 0 Å². The van der Waals surface area contributed by atoms with E-state index in [1.807, 2.05) is 20.8 Å². The molecule has 0 aromatic heterocycles. The molecular formula is C15H25NO3. The highest BCUT2D eigenvalue weighted by Crippen LogP contribution is 2.30. The topological polar surface area (TPSA) is 38.8 Å². The normalized spacial score (nSPS) is 18.8. The molecular weight excluding hydrogens is 242 g/mol. The largest absolute Gasteiger partial charge is 0.444 e. The van der Waals surface area contributed by atoms with Crippen LogP contribution in [0, 0.1) is 12.3 Å². The second kappa shape index (κ2) is 6.29. The van der Waals surface area contributed by atoms with Crippen LogP contribution in [0.15, 0.2) is 0 Å². The summed E-state index contributed by atoms with van der Waals surface area (Å²) < 4.78 is 11.2. The molecule has 108 valence electrons. The van der Waals surface area contributed by atoms with E-state index in [4.69, 9.17) is 15.9 Å². The van der Waals surface area contributed by atoms with Crippen LogP contribution in [-0.2, 0) is 9.47 Å². The first-order chi connectivity index (χ1) is 8.82. The Morgan fingerprint density at radius 1 is 1.37 bits per heavy atom. The fraction of sp³-hybridized carbons (Fsp3) is 0.800. The predicted octanol–water partition coefficient (Wildman–Crippen LogP) is 2.82. The highest BCUT2D eigenvalue weighted by Gasteiger charge is 2.36. The number of nitrogens with zero attached hydrogens (tertiary/aromatic N) is 1. The van der Waals surface area contributed by atoms with E-state index in [0.717, 1.165) is 19.3 Å². The van der Waals surface area contributed by atoms with Gasteiger partial charge in [-0.15, -0.1) is 6.42 Å². The van der Waals surface area contributed by atoms with Crippen LogP contribution >= 0.6 is 0 Å². The van der Waals surface area contributed by atoms with Crippen molar-refractivity contribution in [3.8, 4) is 12.3 Å². The lowest BCUT2D eigenvalue weighted by atomic mass is 9.88. The number of piperidine rings is 1. The van der Waals surface area contributed by atoms with E-state index in [9.17, 15) is 4.79 Å². The van der Waals surface area contributed by atoms with E-state index < -0.39 is 5.60 Å². The molecule has 0 spiro atoms. The molecule has 4 nitrogen and oxygen atoms in total. The summed E-state index contributed by atoms with van der Waals surface area (Å²) in [5, 5.41) is 0. The molecule has 1 aliphatic rings. The third-order valence-electron chi connectivity index (χ3n) is 3.43. The zero-order valence-electron chi connectivity index (χ0n) is 12.5. The molecule has 0 unspecified atom stereocenters. The Morgan fingerprint density at radius 2 is 1.95 bits per heavy atom. The van der Waals surface area contributed by atoms with Gasteiger partial charge in [-0.25, -0.2) is 4.79 Å². The van der Waals surface area contributed by atoms with Gasteiger partial charge in [0, 0.05) is 13.1 Å². The van der Waals surface area contributed by atoms with Gasteiger partial charge >= 0.3 is 6.09 Å². The molecule has 0 aliphatic carbocycles. The van der Waals surface area contributed by atoms with Gasteiger partial charge in [0.05, 0.1) is 5.60 Å². The monoisotopic (exact) mass is 267 g/mol. The average Bonchev–Trinajstić information content (AvgIpc) is 2.35. The zero-order valence-corrected chi connectivity index (χ0v) is 12.5. The Morgan fingerprint density at radius 3 is 2.37 bits per heavy atom. The van der Waals surface area contributed by atoms with Crippen molar-refractivity contribution in [3.05, 3.63) is 0 Å². The van der Waals surface area contributed by atoms with Crippen LogP contribution in [0.2, 0.25) is 0 Å². The number of terminal acetylenes is 1. The van der Waals surface area contributed by atoms with Crippen LogP contribution in [-0.4, -0.2) is 41.9 Å². The Hall–Kier alpha value is -1.21. The van der Waals surface area contributed by atoms with Crippen LogP contribution < -0.4 is 0 Å². The maximum atomic E-state index is 12.0. The molecule has 1 amide bonds. The summed E-state index contributed by atoms with van der Waals surface area (Å²) in [4.78, 5) is 13.7. The van der Waals surface area contributed by atoms with Crippen molar-refractivity contribution in [1.82, 2.24) is 4.90 Å². The first-order valence-corrected chi connectivity index (χ1v) is 6.87. The average molecular weight is 267 g/mol.